The van der Waals surface area contributed by atoms with Crippen LogP contribution in [-0.4, -0.2) is 18.5 Å². The molecule has 13 heavy (non-hydrogen) atoms. The molecule has 0 saturated carbocycles. The number of hydrogen-bond acceptors (Lipinski definition) is 2. The summed E-state index contributed by atoms with van der Waals surface area (Å²) in [6, 6.07) is 0.499. The van der Waals surface area contributed by atoms with E-state index in [0.29, 0.717) is 12.6 Å². The van der Waals surface area contributed by atoms with Crippen LogP contribution in [0.15, 0.2) is 0 Å². The van der Waals surface area contributed by atoms with Crippen LogP contribution in [0, 0.1) is 5.41 Å². The van der Waals surface area contributed by atoms with E-state index in [4.69, 9.17) is 5.73 Å². The highest BCUT2D eigenvalue weighted by Crippen LogP contribution is 2.12. The maximum Gasteiger partial charge on any atom is 0.224 e. The number of nitrogens with two attached hydrogens (primary N) is 1. The first-order valence-corrected chi connectivity index (χ1v) is 4.97. The molecule has 1 amide bonds. The quantitative estimate of drug-likeness (QED) is 0.656. The van der Waals surface area contributed by atoms with E-state index in [2.05, 4.69) is 19.2 Å². The molecule has 0 bridgehead atoms. The van der Waals surface area contributed by atoms with Crippen molar-refractivity contribution in [1.29, 1.82) is 0 Å². The summed E-state index contributed by atoms with van der Waals surface area (Å²) in [6.07, 6.45) is 2.18. The zero-order valence-corrected chi connectivity index (χ0v) is 9.18. The van der Waals surface area contributed by atoms with Crippen molar-refractivity contribution in [2.45, 2.75) is 46.6 Å². The van der Waals surface area contributed by atoms with Gasteiger partial charge in [0.1, 0.15) is 0 Å². The monoisotopic (exact) mass is 186 g/mol. The molecule has 0 atom stereocenters. The summed E-state index contributed by atoms with van der Waals surface area (Å²) >= 11 is 0. The van der Waals surface area contributed by atoms with Gasteiger partial charge in [0, 0.05) is 12.6 Å². The zero-order valence-electron chi connectivity index (χ0n) is 9.18. The topological polar surface area (TPSA) is 55.1 Å². The molecule has 0 fully saturated rings. The first-order chi connectivity index (χ1) is 5.94. The summed E-state index contributed by atoms with van der Waals surface area (Å²) in [4.78, 5) is 11.0. The molecule has 0 aliphatic carbocycles. The van der Waals surface area contributed by atoms with Crippen molar-refractivity contribution in [2.75, 3.05) is 6.54 Å². The summed E-state index contributed by atoms with van der Waals surface area (Å²) in [5.74, 6) is -0.244. The van der Waals surface area contributed by atoms with Gasteiger partial charge in [0.2, 0.25) is 5.91 Å². The van der Waals surface area contributed by atoms with Crippen LogP contribution in [0.25, 0.3) is 0 Å². The minimum atomic E-state index is -0.442. The molecule has 0 aromatic carbocycles. The fourth-order valence-electron chi connectivity index (χ4n) is 1.06. The van der Waals surface area contributed by atoms with Crippen LogP contribution in [0.4, 0.5) is 0 Å². The highest BCUT2D eigenvalue weighted by molar-refractivity contribution is 5.80. The summed E-state index contributed by atoms with van der Waals surface area (Å²) in [6.45, 7) is 8.67. The Morgan fingerprint density at radius 3 is 2.15 bits per heavy atom. The predicted molar refractivity (Wildman–Crippen MR) is 55.3 cm³/mol. The van der Waals surface area contributed by atoms with Crippen LogP contribution < -0.4 is 11.1 Å². The van der Waals surface area contributed by atoms with E-state index in [9.17, 15) is 4.79 Å². The number of carbonyl (C=O) groups is 1. The van der Waals surface area contributed by atoms with Gasteiger partial charge in [-0.3, -0.25) is 4.79 Å². The van der Waals surface area contributed by atoms with Gasteiger partial charge in [-0.25, -0.2) is 0 Å². The third-order valence-corrected chi connectivity index (χ3v) is 2.49. The predicted octanol–water partition coefficient (Wildman–Crippen LogP) is 1.28. The number of nitrogens with one attached hydrogen (secondary N) is 1. The summed E-state index contributed by atoms with van der Waals surface area (Å²) < 4.78 is 0. The van der Waals surface area contributed by atoms with Gasteiger partial charge in [-0.05, 0) is 26.7 Å². The highest BCUT2D eigenvalue weighted by Gasteiger charge is 2.24. The van der Waals surface area contributed by atoms with Gasteiger partial charge in [-0.15, -0.1) is 0 Å². The van der Waals surface area contributed by atoms with Gasteiger partial charge in [0.05, 0.1) is 5.41 Å². The Balaban J connectivity index is 3.92. The molecule has 0 radical (unpaired) electrons. The van der Waals surface area contributed by atoms with Crippen LogP contribution in [0.2, 0.25) is 0 Å². The first kappa shape index (κ1) is 12.4. The third-order valence-electron chi connectivity index (χ3n) is 2.49. The molecule has 78 valence electrons. The smallest absolute Gasteiger partial charge is 0.224 e. The van der Waals surface area contributed by atoms with Crippen molar-refractivity contribution < 1.29 is 4.79 Å². The number of amides is 1. The molecule has 3 nitrogen and oxygen atoms in total. The Kier molecular flexibility index (Phi) is 4.99. The Morgan fingerprint density at radius 2 is 1.85 bits per heavy atom. The lowest BCUT2D eigenvalue weighted by Gasteiger charge is -2.24. The maximum absolute atomic E-state index is 11.0. The van der Waals surface area contributed by atoms with E-state index in [1.54, 1.807) is 0 Å². The van der Waals surface area contributed by atoms with Gasteiger partial charge >= 0.3 is 0 Å². The Morgan fingerprint density at radius 1 is 1.38 bits per heavy atom. The molecular formula is C10H22N2O. The lowest BCUT2D eigenvalue weighted by atomic mass is 9.92. The van der Waals surface area contributed by atoms with Crippen LogP contribution >= 0.6 is 0 Å². The standard InChI is InChI=1S/C10H22N2O/c1-5-8(6-2)12-7-10(3,4)9(11)13/h8,12H,5-7H2,1-4H3,(H2,11,13). The molecule has 0 heterocycles. The van der Waals surface area contributed by atoms with E-state index in [-0.39, 0.29) is 5.91 Å². The van der Waals surface area contributed by atoms with Gasteiger partial charge in [-0.2, -0.15) is 0 Å². The summed E-state index contributed by atoms with van der Waals surface area (Å²) in [5, 5.41) is 3.34. The second kappa shape index (κ2) is 5.22. The molecule has 0 spiro atoms. The minimum Gasteiger partial charge on any atom is -0.369 e. The lowest BCUT2D eigenvalue weighted by molar-refractivity contribution is -0.125. The van der Waals surface area contributed by atoms with E-state index in [1.807, 2.05) is 13.8 Å². The average Bonchev–Trinajstić information content (AvgIpc) is 2.06. The van der Waals surface area contributed by atoms with Crippen molar-refractivity contribution >= 4 is 5.91 Å². The molecule has 0 saturated heterocycles. The van der Waals surface area contributed by atoms with Gasteiger partial charge in [0.15, 0.2) is 0 Å². The van der Waals surface area contributed by atoms with Crippen molar-refractivity contribution in [3.05, 3.63) is 0 Å². The molecule has 0 unspecified atom stereocenters. The summed E-state index contributed by atoms with van der Waals surface area (Å²) in [5.41, 5.74) is 4.82. The van der Waals surface area contributed by atoms with E-state index in [1.165, 1.54) is 0 Å². The average molecular weight is 186 g/mol. The second-order valence-electron chi connectivity index (χ2n) is 4.14. The second-order valence-corrected chi connectivity index (χ2v) is 4.14. The maximum atomic E-state index is 11.0. The van der Waals surface area contributed by atoms with Crippen LogP contribution in [0.1, 0.15) is 40.5 Å². The van der Waals surface area contributed by atoms with E-state index < -0.39 is 5.41 Å². The molecule has 0 rings (SSSR count). The third kappa shape index (κ3) is 4.27. The molecule has 0 aromatic rings. The molecule has 3 N–H and O–H groups in total. The summed E-state index contributed by atoms with van der Waals surface area (Å²) in [7, 11) is 0. The normalized spacial score (nSPS) is 12.1. The Labute approximate surface area is 81.1 Å². The van der Waals surface area contributed by atoms with Crippen LogP contribution in [0.5, 0.6) is 0 Å². The van der Waals surface area contributed by atoms with Crippen molar-refractivity contribution in [3.63, 3.8) is 0 Å². The lowest BCUT2D eigenvalue weighted by Crippen LogP contribution is -2.43. The SMILES string of the molecule is CCC(CC)NCC(C)(C)C(N)=O. The number of rotatable bonds is 6. The van der Waals surface area contributed by atoms with Crippen LogP contribution in [0.3, 0.4) is 0 Å². The molecule has 0 aliphatic rings. The molecular weight excluding hydrogens is 164 g/mol. The van der Waals surface area contributed by atoms with E-state index in [0.717, 1.165) is 12.8 Å². The highest BCUT2D eigenvalue weighted by atomic mass is 16.1. The zero-order chi connectivity index (χ0) is 10.5. The van der Waals surface area contributed by atoms with Gasteiger partial charge in [0.25, 0.3) is 0 Å². The number of carbonyl (C=O) groups excluding carboxylic acids is 1. The number of hydrogen-bond donors (Lipinski definition) is 2. The molecule has 0 aromatic heterocycles. The first-order valence-electron chi connectivity index (χ1n) is 4.97. The minimum absolute atomic E-state index is 0.244. The number of primary amides is 1. The van der Waals surface area contributed by atoms with E-state index >= 15 is 0 Å². The van der Waals surface area contributed by atoms with Gasteiger partial charge in [-0.1, -0.05) is 13.8 Å². The fraction of sp³-hybridized carbons (Fsp3) is 0.900. The van der Waals surface area contributed by atoms with Crippen molar-refractivity contribution in [2.24, 2.45) is 11.1 Å². The van der Waals surface area contributed by atoms with Crippen LogP contribution in [-0.2, 0) is 4.79 Å². The Hall–Kier alpha value is -0.570. The van der Waals surface area contributed by atoms with Crippen molar-refractivity contribution in [1.82, 2.24) is 5.32 Å². The van der Waals surface area contributed by atoms with Crippen molar-refractivity contribution in [3.8, 4) is 0 Å². The molecule has 0 aliphatic heterocycles. The fourth-order valence-corrected chi connectivity index (χ4v) is 1.06. The Bertz CT molecular complexity index is 162. The largest absolute Gasteiger partial charge is 0.369 e. The molecule has 3 heteroatoms. The van der Waals surface area contributed by atoms with Gasteiger partial charge < -0.3 is 11.1 Å².